The first kappa shape index (κ1) is 69.9. The van der Waals surface area contributed by atoms with Crippen LogP contribution in [0.4, 0.5) is 4.79 Å². The van der Waals surface area contributed by atoms with Gasteiger partial charge in [0.25, 0.3) is 0 Å². The van der Waals surface area contributed by atoms with Crippen LogP contribution >= 0.6 is 0 Å². The molecule has 4 heterocycles. The normalized spacial score (nSPS) is 38.4. The van der Waals surface area contributed by atoms with Gasteiger partial charge in [-0.3, -0.25) is 19.3 Å². The Bertz CT molecular complexity index is 2230. The molecule has 21 nitrogen and oxygen atoms in total. The molecule has 0 aromatic heterocycles. The number of carbonyl (C=O) groups is 4. The fraction of sp³-hybridized carbons (Fsp3) is 0.823. The first-order chi connectivity index (χ1) is 38.9. The van der Waals surface area contributed by atoms with Crippen LogP contribution in [-0.2, 0) is 77.9 Å². The number of hydrogen-bond acceptors (Lipinski definition) is 20. The molecular formula is C62H103N3O18. The molecule has 4 aliphatic heterocycles. The van der Waals surface area contributed by atoms with Crippen molar-refractivity contribution in [3.8, 4) is 0 Å². The molecule has 1 aromatic carbocycles. The average molecular weight is 1180 g/mol. The van der Waals surface area contributed by atoms with E-state index in [-0.39, 0.29) is 55.9 Å². The Labute approximate surface area is 494 Å². The van der Waals surface area contributed by atoms with Crippen molar-refractivity contribution in [1.82, 2.24) is 10.2 Å². The van der Waals surface area contributed by atoms with Crippen molar-refractivity contribution in [2.75, 3.05) is 41.0 Å². The zero-order valence-electron chi connectivity index (χ0n) is 53.1. The number of rotatable bonds is 18. The number of nitrogens with zero attached hydrogens (tertiary/aromatic N) is 2. The zero-order chi connectivity index (χ0) is 61.8. The van der Waals surface area contributed by atoms with Gasteiger partial charge in [0.2, 0.25) is 0 Å². The van der Waals surface area contributed by atoms with E-state index in [2.05, 4.69) is 43.1 Å². The molecule has 4 saturated heterocycles. The highest BCUT2D eigenvalue weighted by Gasteiger charge is 2.53. The van der Waals surface area contributed by atoms with E-state index in [0.717, 1.165) is 12.1 Å². The molecule has 1 amide bonds. The number of Topliss-reactive ketones (excluding diaryl/α,β-unsaturated/α-hetero) is 1. The fourth-order valence-corrected chi connectivity index (χ4v) is 12.5. The molecule has 4 fully saturated rings. The highest BCUT2D eigenvalue weighted by atomic mass is 16.7. The van der Waals surface area contributed by atoms with E-state index < -0.39 is 145 Å². The lowest BCUT2D eigenvalue weighted by atomic mass is 9.74. The van der Waals surface area contributed by atoms with E-state index in [1.54, 1.807) is 34.6 Å². The Morgan fingerprint density at radius 1 is 0.819 bits per heavy atom. The summed E-state index contributed by atoms with van der Waals surface area (Å²) in [5, 5.41) is 29.8. The number of oxime groups is 1. The number of cyclic esters (lactones) is 1. The highest BCUT2D eigenvalue weighted by molar-refractivity contribution is 5.91. The second-order valence-electron chi connectivity index (χ2n) is 26.0. The van der Waals surface area contributed by atoms with E-state index in [9.17, 15) is 19.8 Å². The topological polar surface area (TPSA) is 247 Å². The number of aliphatic hydroxyl groups is 2. The summed E-state index contributed by atoms with van der Waals surface area (Å²) in [6.07, 6.45) is -13.6. The second kappa shape index (κ2) is 31.2. The van der Waals surface area contributed by atoms with Gasteiger partial charge in [-0.2, -0.15) is 0 Å². The number of ketones is 1. The van der Waals surface area contributed by atoms with Gasteiger partial charge in [-0.05, 0) is 70.8 Å². The molecule has 22 atom stereocenters. The highest BCUT2D eigenvalue weighted by Crippen LogP contribution is 2.41. The summed E-state index contributed by atoms with van der Waals surface area (Å²) in [7, 11) is 4.31. The predicted octanol–water partition coefficient (Wildman–Crippen LogP) is 7.62. The monoisotopic (exact) mass is 1180 g/mol. The maximum atomic E-state index is 15.9. The number of hydrogen-bond donors (Lipinski definition) is 3. The lowest BCUT2D eigenvalue weighted by Crippen LogP contribution is -2.59. The van der Waals surface area contributed by atoms with Gasteiger partial charge in [0.15, 0.2) is 30.3 Å². The van der Waals surface area contributed by atoms with Crippen LogP contribution in [0.1, 0.15) is 142 Å². The number of ether oxygens (including phenoxy) is 11. The third-order valence-corrected chi connectivity index (χ3v) is 16.7. The Morgan fingerprint density at radius 3 is 2.10 bits per heavy atom. The quantitative estimate of drug-likeness (QED) is 0.0726. The van der Waals surface area contributed by atoms with Crippen molar-refractivity contribution >= 4 is 29.5 Å². The lowest BCUT2D eigenvalue weighted by molar-refractivity contribution is -0.305. The maximum absolute atomic E-state index is 15.9. The summed E-state index contributed by atoms with van der Waals surface area (Å²) in [4.78, 5) is 67.3. The van der Waals surface area contributed by atoms with Gasteiger partial charge in [-0.15, -0.1) is 0 Å². The molecule has 474 valence electrons. The summed E-state index contributed by atoms with van der Waals surface area (Å²) < 4.78 is 71.0. The summed E-state index contributed by atoms with van der Waals surface area (Å²) in [6.45, 7) is 31.5. The molecule has 0 radical (unpaired) electrons. The number of amides is 1. The number of esters is 2. The Morgan fingerprint density at radius 2 is 1.48 bits per heavy atom. The Balaban J connectivity index is 1.71. The molecule has 21 heteroatoms. The van der Waals surface area contributed by atoms with Crippen LogP contribution in [0.25, 0.3) is 0 Å². The summed E-state index contributed by atoms with van der Waals surface area (Å²) in [5.41, 5.74) is -0.900. The molecule has 4 aliphatic rings. The molecule has 83 heavy (non-hydrogen) atoms. The molecule has 1 aromatic rings. The minimum absolute atomic E-state index is 0.00596. The van der Waals surface area contributed by atoms with E-state index in [4.69, 9.17) is 56.9 Å². The first-order valence-corrected chi connectivity index (χ1v) is 30.0. The van der Waals surface area contributed by atoms with Gasteiger partial charge >= 0.3 is 18.0 Å². The van der Waals surface area contributed by atoms with Crippen molar-refractivity contribution in [1.29, 1.82) is 0 Å². The van der Waals surface area contributed by atoms with E-state index in [1.807, 2.05) is 78.8 Å². The van der Waals surface area contributed by atoms with Gasteiger partial charge in [0, 0.05) is 76.9 Å². The van der Waals surface area contributed by atoms with Gasteiger partial charge < -0.3 is 72.5 Å². The van der Waals surface area contributed by atoms with Gasteiger partial charge in [0.1, 0.15) is 43.7 Å². The van der Waals surface area contributed by atoms with Crippen LogP contribution in [0.15, 0.2) is 35.5 Å². The van der Waals surface area contributed by atoms with Crippen LogP contribution in [-0.4, -0.2) is 183 Å². The molecule has 5 rings (SSSR count). The van der Waals surface area contributed by atoms with Crippen molar-refractivity contribution in [2.45, 2.75) is 241 Å². The van der Waals surface area contributed by atoms with Crippen molar-refractivity contribution in [2.24, 2.45) is 52.0 Å². The number of methoxy groups -OCH3 is 2. The van der Waals surface area contributed by atoms with Crippen molar-refractivity contribution in [3.05, 3.63) is 35.9 Å². The number of aliphatic hydroxyl groups excluding tert-OH is 2. The third kappa shape index (κ3) is 19.1. The van der Waals surface area contributed by atoms with Crippen LogP contribution in [0.3, 0.4) is 0 Å². The number of benzene rings is 1. The summed E-state index contributed by atoms with van der Waals surface area (Å²) >= 11 is 0. The van der Waals surface area contributed by atoms with Gasteiger partial charge in [-0.1, -0.05) is 105 Å². The largest absolute Gasteiger partial charge is 0.461 e. The van der Waals surface area contributed by atoms with Crippen LogP contribution < -0.4 is 5.32 Å². The molecule has 0 spiro atoms. The third-order valence-electron chi connectivity index (χ3n) is 16.7. The maximum Gasteiger partial charge on any atom is 0.408 e. The summed E-state index contributed by atoms with van der Waals surface area (Å²) in [6, 6.07) is 9.25. The Hall–Kier alpha value is -3.87. The average Bonchev–Trinajstić information content (AvgIpc) is 3.21. The van der Waals surface area contributed by atoms with E-state index >= 15 is 9.59 Å². The number of alkyl carbamates (subject to hydrolysis) is 1. The molecular weight excluding hydrogens is 1070 g/mol. The minimum Gasteiger partial charge on any atom is -0.461 e. The van der Waals surface area contributed by atoms with Crippen molar-refractivity contribution in [3.63, 3.8) is 0 Å². The van der Waals surface area contributed by atoms with Gasteiger partial charge in [-0.25, -0.2) is 4.79 Å². The standard InChI is InChI=1S/C62H103N3O18/c1-33(2)25-46(66)79-52-40(9)51(35(4)31-75-59-55(73-18)54(72-17)48(67)43(12)78-59)81-57(70)42(11)53(80-47-26-36(5)65(30-38(7)76-47)32-61(13,14)15)39(8)50(82-58-49(68)45(64-74-19)27-37(6)77-58)34(3)28-62(16,56(69)41(52)10)83-60(71)63-29-44-23-21-20-22-24-44/h20-24,33-43,47-55,58-59,67-68H,25-32H2,1-19H3,(H,63,71)/t34-,35-,36?,37+,38-,39+,40-,41+,42+,43+,47-,48+,49+,50-,51+,52+,53-,54+,55+,58-,59+,62-/m0/s1. The zero-order valence-corrected chi connectivity index (χ0v) is 53.1. The lowest BCUT2D eigenvalue weighted by Gasteiger charge is -2.45. The van der Waals surface area contributed by atoms with Crippen LogP contribution in [0, 0.1) is 46.8 Å². The predicted molar refractivity (Wildman–Crippen MR) is 308 cm³/mol. The molecule has 3 N–H and O–H groups in total. The number of nitrogens with one attached hydrogen (secondary N) is 1. The van der Waals surface area contributed by atoms with Crippen LogP contribution in [0.2, 0.25) is 0 Å². The molecule has 0 bridgehead atoms. The van der Waals surface area contributed by atoms with E-state index in [1.165, 1.54) is 21.3 Å². The SMILES string of the molecule is CON=C1C[C@@H](C)O[C@@H](O[C@@H]2[C@@H](C)[C@H](O[C@H]3CC(C)N(CC(C)(C)C)C[C@H](C)O3)[C@@H](C)C(=O)O[C@H]([C@@H](C)CO[C@@H]3O[C@H](C)[C@@H](O)[C@@H](OC)[C@H]3OC)[C@H](C)[C@@H](OC(=O)CC(C)C)[C@@H](C)C(=O)[C@@](C)(OC(=O)NCc3ccccc3)C[C@@H]2C)[C@@H]1O. The minimum atomic E-state index is -1.96. The molecule has 0 saturated carbocycles. The van der Waals surface area contributed by atoms with Crippen LogP contribution in [0.5, 0.6) is 0 Å². The Kier molecular flexibility index (Phi) is 26.2. The molecule has 0 aliphatic carbocycles. The van der Waals surface area contributed by atoms with Crippen molar-refractivity contribution < 1.29 is 86.3 Å². The first-order valence-electron chi connectivity index (χ1n) is 30.0. The number of carbonyl (C=O) groups excluding carboxylic acids is 4. The second-order valence-corrected chi connectivity index (χ2v) is 26.0. The van der Waals surface area contributed by atoms with Gasteiger partial charge in [0.05, 0.1) is 54.7 Å². The van der Waals surface area contributed by atoms with E-state index in [0.29, 0.717) is 18.7 Å². The fourth-order valence-electron chi connectivity index (χ4n) is 12.5. The molecule has 1 unspecified atom stereocenters. The smallest absolute Gasteiger partial charge is 0.408 e. The summed E-state index contributed by atoms with van der Waals surface area (Å²) in [5.74, 6) is -7.41.